The first kappa shape index (κ1) is 18.7. The third-order valence-electron chi connectivity index (χ3n) is 4.15. The van der Waals surface area contributed by atoms with Crippen molar-refractivity contribution in [1.82, 2.24) is 14.9 Å². The minimum absolute atomic E-state index is 0. The van der Waals surface area contributed by atoms with Crippen LogP contribution < -0.4 is 10.6 Å². The summed E-state index contributed by atoms with van der Waals surface area (Å²) < 4.78 is 26.8. The Balaban J connectivity index is 0.00000192. The van der Waals surface area contributed by atoms with Gasteiger partial charge in [0.2, 0.25) is 10.0 Å². The van der Waals surface area contributed by atoms with E-state index in [1.54, 1.807) is 11.4 Å². The van der Waals surface area contributed by atoms with Crippen LogP contribution in [0.15, 0.2) is 16.3 Å². The minimum Gasteiger partial charge on any atom is -0.347 e. The molecule has 0 unspecified atom stereocenters. The van der Waals surface area contributed by atoms with Gasteiger partial charge in [-0.3, -0.25) is 4.79 Å². The maximum absolute atomic E-state index is 12.7. The van der Waals surface area contributed by atoms with Gasteiger partial charge in [-0.2, -0.15) is 4.31 Å². The highest BCUT2D eigenvalue weighted by Gasteiger charge is 2.32. The Labute approximate surface area is 147 Å². The molecule has 23 heavy (non-hydrogen) atoms. The van der Waals surface area contributed by atoms with Crippen LogP contribution in [0.3, 0.4) is 0 Å². The largest absolute Gasteiger partial charge is 0.347 e. The highest BCUT2D eigenvalue weighted by Crippen LogP contribution is 2.27. The molecule has 1 aromatic heterocycles. The molecule has 2 saturated heterocycles. The summed E-state index contributed by atoms with van der Waals surface area (Å²) in [5.41, 5.74) is 0. The summed E-state index contributed by atoms with van der Waals surface area (Å²) in [6.45, 7) is 2.81. The lowest BCUT2D eigenvalue weighted by atomic mass is 10.1. The van der Waals surface area contributed by atoms with Gasteiger partial charge in [0, 0.05) is 25.7 Å². The lowest BCUT2D eigenvalue weighted by molar-refractivity contribution is 0.0931. The normalized spacial score (nSPS) is 22.5. The Morgan fingerprint density at radius 2 is 2.04 bits per heavy atom. The van der Waals surface area contributed by atoms with Crippen LogP contribution in [0.2, 0.25) is 0 Å². The number of carbonyl (C=O) groups is 1. The summed E-state index contributed by atoms with van der Waals surface area (Å²) >= 11 is 1.19. The monoisotopic (exact) mass is 379 g/mol. The average molecular weight is 380 g/mol. The molecular formula is C14H22ClN3O3S2. The van der Waals surface area contributed by atoms with Gasteiger partial charge < -0.3 is 10.6 Å². The molecule has 2 aliphatic rings. The van der Waals surface area contributed by atoms with Gasteiger partial charge in [0.25, 0.3) is 5.91 Å². The first-order valence-electron chi connectivity index (χ1n) is 7.68. The van der Waals surface area contributed by atoms with E-state index in [1.165, 1.54) is 15.6 Å². The molecule has 0 aliphatic carbocycles. The molecule has 1 amide bonds. The number of amides is 1. The Morgan fingerprint density at radius 1 is 1.30 bits per heavy atom. The molecule has 130 valence electrons. The van der Waals surface area contributed by atoms with E-state index in [-0.39, 0.29) is 29.3 Å². The number of rotatable bonds is 4. The van der Waals surface area contributed by atoms with E-state index >= 15 is 0 Å². The Kier molecular flexibility index (Phi) is 6.44. The molecule has 0 bridgehead atoms. The molecule has 0 radical (unpaired) electrons. The Morgan fingerprint density at radius 3 is 2.70 bits per heavy atom. The van der Waals surface area contributed by atoms with Crippen molar-refractivity contribution < 1.29 is 13.2 Å². The summed E-state index contributed by atoms with van der Waals surface area (Å²) in [4.78, 5) is 12.9. The van der Waals surface area contributed by atoms with Crippen LogP contribution in [0.1, 0.15) is 35.4 Å². The maximum atomic E-state index is 12.7. The lowest BCUT2D eigenvalue weighted by Gasteiger charge is -2.24. The Hall–Kier alpha value is -0.670. The minimum atomic E-state index is -3.54. The fraction of sp³-hybridized carbons (Fsp3) is 0.643. The fourth-order valence-corrected chi connectivity index (χ4v) is 5.78. The first-order valence-corrected chi connectivity index (χ1v) is 10.0. The molecule has 1 aromatic rings. The van der Waals surface area contributed by atoms with Crippen LogP contribution in [-0.2, 0) is 10.0 Å². The van der Waals surface area contributed by atoms with Gasteiger partial charge in [-0.1, -0.05) is 0 Å². The molecule has 0 saturated carbocycles. The number of hydrogen-bond donors (Lipinski definition) is 2. The number of sulfonamides is 1. The molecule has 0 aromatic carbocycles. The van der Waals surface area contributed by atoms with E-state index in [0.29, 0.717) is 18.0 Å². The van der Waals surface area contributed by atoms with E-state index in [2.05, 4.69) is 10.6 Å². The zero-order valence-electron chi connectivity index (χ0n) is 12.8. The van der Waals surface area contributed by atoms with Crippen LogP contribution >= 0.6 is 23.7 Å². The smallest absolute Gasteiger partial charge is 0.263 e. The van der Waals surface area contributed by atoms with Crippen molar-refractivity contribution >= 4 is 39.7 Å². The Bertz CT molecular complexity index is 635. The predicted molar refractivity (Wildman–Crippen MR) is 92.9 cm³/mol. The summed E-state index contributed by atoms with van der Waals surface area (Å²) in [5.74, 6) is -0.276. The van der Waals surface area contributed by atoms with Crippen LogP contribution in [0.25, 0.3) is 0 Å². The number of nitrogens with one attached hydrogen (secondary N) is 2. The number of halogens is 1. The highest BCUT2D eigenvalue weighted by atomic mass is 35.5. The molecule has 0 spiro atoms. The van der Waals surface area contributed by atoms with E-state index < -0.39 is 10.0 Å². The summed E-state index contributed by atoms with van der Waals surface area (Å²) in [5, 5.41) is 7.87. The number of thiophene rings is 1. The quantitative estimate of drug-likeness (QED) is 0.829. The molecule has 3 heterocycles. The van der Waals surface area contributed by atoms with Gasteiger partial charge >= 0.3 is 0 Å². The van der Waals surface area contributed by atoms with E-state index in [0.717, 1.165) is 38.8 Å². The predicted octanol–water partition coefficient (Wildman–Crippen LogP) is 1.44. The summed E-state index contributed by atoms with van der Waals surface area (Å²) in [6, 6.07) is 1.62. The second kappa shape index (κ2) is 7.94. The lowest BCUT2D eigenvalue weighted by Crippen LogP contribution is -2.45. The van der Waals surface area contributed by atoms with Crippen molar-refractivity contribution in [3.8, 4) is 0 Å². The van der Waals surface area contributed by atoms with Gasteiger partial charge in [-0.15, -0.1) is 23.7 Å². The maximum Gasteiger partial charge on any atom is 0.263 e. The highest BCUT2D eigenvalue weighted by molar-refractivity contribution is 7.89. The zero-order chi connectivity index (χ0) is 15.6. The fourth-order valence-electron chi connectivity index (χ4n) is 2.96. The van der Waals surface area contributed by atoms with Gasteiger partial charge in [0.05, 0.1) is 0 Å². The topological polar surface area (TPSA) is 78.5 Å². The van der Waals surface area contributed by atoms with Crippen molar-refractivity contribution in [2.24, 2.45) is 0 Å². The van der Waals surface area contributed by atoms with Gasteiger partial charge in [0.15, 0.2) is 0 Å². The average Bonchev–Trinajstić information content (AvgIpc) is 3.20. The number of hydrogen-bond acceptors (Lipinski definition) is 5. The number of carbonyl (C=O) groups excluding carboxylic acids is 1. The van der Waals surface area contributed by atoms with Gasteiger partial charge in [-0.25, -0.2) is 8.42 Å². The standard InChI is InChI=1S/C14H21N3O3S2.ClH/c18-14(16-11-4-3-6-15-10-11)13-12(5-9-21-13)22(19,20)17-7-1-2-8-17;/h5,9,11,15H,1-4,6-8,10H2,(H,16,18);1H/t11-;/m0./s1. The van der Waals surface area contributed by atoms with Crippen LogP contribution in [0, 0.1) is 0 Å². The summed E-state index contributed by atoms with van der Waals surface area (Å²) in [6.07, 6.45) is 3.73. The van der Waals surface area contributed by atoms with Crippen molar-refractivity contribution in [2.45, 2.75) is 36.6 Å². The molecule has 2 aliphatic heterocycles. The van der Waals surface area contributed by atoms with E-state index in [4.69, 9.17) is 0 Å². The van der Waals surface area contributed by atoms with Crippen molar-refractivity contribution in [1.29, 1.82) is 0 Å². The molecule has 3 rings (SSSR count). The van der Waals surface area contributed by atoms with Gasteiger partial charge in [-0.05, 0) is 43.7 Å². The molecule has 1 atom stereocenters. The molecular weight excluding hydrogens is 358 g/mol. The first-order chi connectivity index (χ1) is 10.6. The summed E-state index contributed by atoms with van der Waals surface area (Å²) in [7, 11) is -3.54. The molecule has 2 fully saturated rings. The third-order valence-corrected chi connectivity index (χ3v) is 7.13. The van der Waals surface area contributed by atoms with E-state index in [1.807, 2.05) is 0 Å². The van der Waals surface area contributed by atoms with Crippen molar-refractivity contribution in [3.63, 3.8) is 0 Å². The second-order valence-electron chi connectivity index (χ2n) is 5.74. The van der Waals surface area contributed by atoms with E-state index in [9.17, 15) is 13.2 Å². The van der Waals surface area contributed by atoms with Crippen LogP contribution in [-0.4, -0.2) is 50.9 Å². The second-order valence-corrected chi connectivity index (χ2v) is 8.56. The third kappa shape index (κ3) is 4.06. The van der Waals surface area contributed by atoms with Crippen LogP contribution in [0.5, 0.6) is 0 Å². The molecule has 9 heteroatoms. The van der Waals surface area contributed by atoms with Crippen molar-refractivity contribution in [2.75, 3.05) is 26.2 Å². The number of nitrogens with zero attached hydrogens (tertiary/aromatic N) is 1. The molecule has 6 nitrogen and oxygen atoms in total. The molecule has 2 N–H and O–H groups in total. The zero-order valence-corrected chi connectivity index (χ0v) is 15.2. The van der Waals surface area contributed by atoms with Crippen LogP contribution in [0.4, 0.5) is 0 Å². The van der Waals surface area contributed by atoms with Crippen molar-refractivity contribution in [3.05, 3.63) is 16.3 Å². The SMILES string of the molecule is Cl.O=C(N[C@H]1CCCNC1)c1sccc1S(=O)(=O)N1CCCC1. The number of piperidine rings is 1. The van der Waals surface area contributed by atoms with Gasteiger partial charge in [0.1, 0.15) is 9.77 Å².